The maximum absolute atomic E-state index is 2.77. The molecule has 0 spiro atoms. The second kappa shape index (κ2) is 1.89. The number of rotatable bonds is 0. The van der Waals surface area contributed by atoms with Gasteiger partial charge in [-0.25, -0.2) is 0 Å². The third kappa shape index (κ3) is 0.664. The third-order valence-corrected chi connectivity index (χ3v) is 9.56. The first-order chi connectivity index (χ1) is 5.33. The van der Waals surface area contributed by atoms with E-state index >= 15 is 0 Å². The monoisotopic (exact) mass is 388 g/mol. The molecule has 12 heavy (non-hydrogen) atoms. The molecule has 0 heterocycles. The SMILES string of the molecule is CC12CC3(I)CC1(C)CC3(I)C2. The number of hydrogen-bond donors (Lipinski definition) is 0. The van der Waals surface area contributed by atoms with E-state index < -0.39 is 0 Å². The number of alkyl halides is 2. The van der Waals surface area contributed by atoms with Gasteiger partial charge < -0.3 is 0 Å². The van der Waals surface area contributed by atoms with Gasteiger partial charge in [0.25, 0.3) is 0 Å². The molecule has 4 aliphatic rings. The van der Waals surface area contributed by atoms with Crippen molar-refractivity contribution < 1.29 is 0 Å². The van der Waals surface area contributed by atoms with E-state index in [0.29, 0.717) is 17.7 Å². The normalized spacial score (nSPS) is 73.0. The minimum absolute atomic E-state index is 0.662. The molecule has 4 rings (SSSR count). The minimum atomic E-state index is 0.662. The fraction of sp³-hybridized carbons (Fsp3) is 1.00. The Balaban J connectivity index is 2.23. The lowest BCUT2D eigenvalue weighted by atomic mass is 9.71. The summed E-state index contributed by atoms with van der Waals surface area (Å²) >= 11 is 5.54. The van der Waals surface area contributed by atoms with E-state index in [4.69, 9.17) is 0 Å². The fourth-order valence-electron chi connectivity index (χ4n) is 4.21. The van der Waals surface area contributed by atoms with Crippen molar-refractivity contribution in [2.24, 2.45) is 10.8 Å². The molecule has 4 aliphatic carbocycles. The highest BCUT2D eigenvalue weighted by molar-refractivity contribution is 14.1. The lowest BCUT2D eigenvalue weighted by molar-refractivity contribution is 0.157. The smallest absolute Gasteiger partial charge is 0.0379 e. The van der Waals surface area contributed by atoms with Crippen molar-refractivity contribution in [2.75, 3.05) is 0 Å². The van der Waals surface area contributed by atoms with E-state index in [-0.39, 0.29) is 0 Å². The Morgan fingerprint density at radius 3 is 1.08 bits per heavy atom. The zero-order valence-electron chi connectivity index (χ0n) is 7.58. The van der Waals surface area contributed by atoms with Crippen LogP contribution in [0.3, 0.4) is 0 Å². The van der Waals surface area contributed by atoms with Gasteiger partial charge in [0.05, 0.1) is 0 Å². The van der Waals surface area contributed by atoms with Gasteiger partial charge in [-0.05, 0) is 36.5 Å². The van der Waals surface area contributed by atoms with Crippen LogP contribution in [0.5, 0.6) is 0 Å². The first-order valence-corrected chi connectivity index (χ1v) is 6.86. The Labute approximate surface area is 102 Å². The third-order valence-electron chi connectivity index (χ3n) is 4.94. The molecule has 4 bridgehead atoms. The van der Waals surface area contributed by atoms with Gasteiger partial charge in [0.15, 0.2) is 0 Å². The minimum Gasteiger partial charge on any atom is -0.0774 e. The molecule has 0 amide bonds. The van der Waals surface area contributed by atoms with E-state index in [9.17, 15) is 0 Å². The molecule has 0 saturated heterocycles. The van der Waals surface area contributed by atoms with Crippen LogP contribution in [0.4, 0.5) is 0 Å². The summed E-state index contributed by atoms with van der Waals surface area (Å²) in [5.41, 5.74) is 1.38. The molecule has 0 atom stereocenters. The summed E-state index contributed by atoms with van der Waals surface area (Å²) in [6.07, 6.45) is 5.94. The van der Waals surface area contributed by atoms with Crippen LogP contribution in [0.2, 0.25) is 0 Å². The Morgan fingerprint density at radius 1 is 0.750 bits per heavy atom. The Hall–Kier alpha value is 1.46. The Morgan fingerprint density at radius 2 is 1.00 bits per heavy atom. The highest BCUT2D eigenvalue weighted by atomic mass is 127. The molecule has 0 unspecified atom stereocenters. The van der Waals surface area contributed by atoms with E-state index in [0.717, 1.165) is 0 Å². The first kappa shape index (κ1) is 8.74. The van der Waals surface area contributed by atoms with Crippen molar-refractivity contribution in [3.8, 4) is 0 Å². The second-order valence-corrected chi connectivity index (χ2v) is 9.89. The van der Waals surface area contributed by atoms with Gasteiger partial charge in [-0.3, -0.25) is 0 Å². The van der Waals surface area contributed by atoms with E-state index in [1.807, 2.05) is 0 Å². The summed E-state index contributed by atoms with van der Waals surface area (Å²) < 4.78 is 1.32. The Kier molecular flexibility index (Phi) is 1.37. The molecule has 0 aromatic carbocycles. The van der Waals surface area contributed by atoms with Gasteiger partial charge in [0.2, 0.25) is 0 Å². The molecule has 4 fully saturated rings. The molecule has 0 aliphatic heterocycles. The molecule has 0 nitrogen and oxygen atoms in total. The van der Waals surface area contributed by atoms with Gasteiger partial charge in [0.1, 0.15) is 0 Å². The molecule has 4 saturated carbocycles. The van der Waals surface area contributed by atoms with Gasteiger partial charge in [-0.1, -0.05) is 59.0 Å². The quantitative estimate of drug-likeness (QED) is 0.436. The zero-order valence-corrected chi connectivity index (χ0v) is 11.9. The zero-order chi connectivity index (χ0) is 8.83. The van der Waals surface area contributed by atoms with Crippen LogP contribution in [0.25, 0.3) is 0 Å². The largest absolute Gasteiger partial charge is 0.0774 e. The second-order valence-electron chi connectivity index (χ2n) is 5.76. The molecule has 68 valence electrons. The number of hydrogen-bond acceptors (Lipinski definition) is 0. The van der Waals surface area contributed by atoms with E-state index in [2.05, 4.69) is 59.0 Å². The van der Waals surface area contributed by atoms with Gasteiger partial charge in [-0.2, -0.15) is 0 Å². The van der Waals surface area contributed by atoms with Crippen molar-refractivity contribution in [1.29, 1.82) is 0 Å². The fourth-order valence-corrected chi connectivity index (χ4v) is 8.34. The summed E-state index contributed by atoms with van der Waals surface area (Å²) in [5, 5.41) is 0. The highest BCUT2D eigenvalue weighted by Crippen LogP contribution is 2.84. The average molecular weight is 388 g/mol. The summed E-state index contributed by atoms with van der Waals surface area (Å²) in [4.78, 5) is 0. The molecule has 0 radical (unpaired) electrons. The van der Waals surface area contributed by atoms with E-state index in [1.54, 1.807) is 0 Å². The lowest BCUT2D eigenvalue weighted by Gasteiger charge is -2.33. The van der Waals surface area contributed by atoms with Gasteiger partial charge in [-0.15, -0.1) is 0 Å². The van der Waals surface area contributed by atoms with Crippen LogP contribution in [0.1, 0.15) is 39.5 Å². The van der Waals surface area contributed by atoms with Gasteiger partial charge >= 0.3 is 0 Å². The topological polar surface area (TPSA) is 0 Å². The Bertz CT molecular complexity index is 205. The van der Waals surface area contributed by atoms with Crippen molar-refractivity contribution in [1.82, 2.24) is 0 Å². The van der Waals surface area contributed by atoms with Crippen LogP contribution in [-0.4, -0.2) is 6.84 Å². The molecule has 0 aromatic rings. The molecular formula is C10H14I2. The molecular weight excluding hydrogens is 374 g/mol. The van der Waals surface area contributed by atoms with Crippen molar-refractivity contribution >= 4 is 45.2 Å². The van der Waals surface area contributed by atoms with Crippen LogP contribution < -0.4 is 0 Å². The maximum atomic E-state index is 2.77. The van der Waals surface area contributed by atoms with E-state index in [1.165, 1.54) is 25.7 Å². The highest BCUT2D eigenvalue weighted by Gasteiger charge is 2.79. The molecule has 0 aromatic heterocycles. The van der Waals surface area contributed by atoms with Crippen molar-refractivity contribution in [3.05, 3.63) is 0 Å². The first-order valence-electron chi connectivity index (χ1n) is 4.71. The molecule has 0 N–H and O–H groups in total. The van der Waals surface area contributed by atoms with Crippen LogP contribution in [-0.2, 0) is 0 Å². The standard InChI is InChI=1S/C10H14I2/c1-7-3-9(11)5-8(7,2)6-10(9,12)4-7/h3-6H2,1-2H3. The predicted molar refractivity (Wildman–Crippen MR) is 68.2 cm³/mol. The number of halogens is 2. The van der Waals surface area contributed by atoms with Gasteiger partial charge in [0, 0.05) is 6.84 Å². The summed E-state index contributed by atoms with van der Waals surface area (Å²) in [6.45, 7) is 5.06. The summed E-state index contributed by atoms with van der Waals surface area (Å²) in [7, 11) is 0. The van der Waals surface area contributed by atoms with Crippen LogP contribution >= 0.6 is 45.2 Å². The van der Waals surface area contributed by atoms with Crippen molar-refractivity contribution in [2.45, 2.75) is 46.4 Å². The van der Waals surface area contributed by atoms with Crippen LogP contribution in [0.15, 0.2) is 0 Å². The average Bonchev–Trinajstić information content (AvgIpc) is 2.19. The van der Waals surface area contributed by atoms with Crippen LogP contribution in [0, 0.1) is 10.8 Å². The summed E-state index contributed by atoms with van der Waals surface area (Å²) in [6, 6.07) is 0. The predicted octanol–water partition coefficient (Wildman–Crippen LogP) is 3.95. The van der Waals surface area contributed by atoms with Crippen molar-refractivity contribution in [3.63, 3.8) is 0 Å². The summed E-state index contributed by atoms with van der Waals surface area (Å²) in [5.74, 6) is 0. The molecule has 2 heteroatoms. The lowest BCUT2D eigenvalue weighted by Crippen LogP contribution is -2.32. The maximum Gasteiger partial charge on any atom is 0.0379 e.